The second-order valence-corrected chi connectivity index (χ2v) is 8.14. The Morgan fingerprint density at radius 3 is 1.36 bits per heavy atom. The molecule has 0 aromatic rings. The molecule has 0 aliphatic heterocycles. The fraction of sp³-hybridized carbons (Fsp3) is 0.333. The minimum absolute atomic E-state index is 1.10. The van der Waals surface area contributed by atoms with Crippen LogP contribution in [-0.4, -0.2) is 15.4 Å². The molecular formula is C9H17BSi. The first-order chi connectivity index (χ1) is 5.18. The number of hydrogen-bond acceptors (Lipinski definition) is 0. The van der Waals surface area contributed by atoms with Crippen molar-refractivity contribution >= 4 is 15.4 Å². The Bertz CT molecular complexity index is 125. The Morgan fingerprint density at radius 2 is 1.18 bits per heavy atom. The van der Waals surface area contributed by atoms with Crippen LogP contribution in [0.3, 0.4) is 0 Å². The first-order valence-corrected chi connectivity index (χ1v) is 7.13. The van der Waals surface area contributed by atoms with E-state index < -0.39 is 7.94 Å². The maximum Gasteiger partial charge on any atom is 0.0982 e. The molecular weight excluding hydrogens is 147 g/mol. The maximum absolute atomic E-state index is 3.78. The van der Waals surface area contributed by atoms with Crippen LogP contribution in [0.2, 0.25) is 18.1 Å². The van der Waals surface area contributed by atoms with E-state index in [1.807, 2.05) is 18.2 Å². The van der Waals surface area contributed by atoms with E-state index in [0.29, 0.717) is 0 Å². The molecule has 0 atom stereocenters. The summed E-state index contributed by atoms with van der Waals surface area (Å²) in [6.45, 7) is 11.3. The lowest BCUT2D eigenvalue weighted by atomic mass is 10.7. The maximum atomic E-state index is 3.78. The van der Waals surface area contributed by atoms with E-state index in [2.05, 4.69) is 27.2 Å². The predicted octanol–water partition coefficient (Wildman–Crippen LogP) is 2.12. The second-order valence-electron chi connectivity index (χ2n) is 3.29. The fourth-order valence-corrected chi connectivity index (χ4v) is 3.89. The molecule has 0 heterocycles. The predicted molar refractivity (Wildman–Crippen MR) is 59.3 cm³/mol. The van der Waals surface area contributed by atoms with Gasteiger partial charge in [-0.3, -0.25) is 0 Å². The molecule has 2 heteroatoms. The van der Waals surface area contributed by atoms with Crippen molar-refractivity contribution < 1.29 is 0 Å². The van der Waals surface area contributed by atoms with E-state index in [4.69, 9.17) is 0 Å². The Morgan fingerprint density at radius 1 is 0.909 bits per heavy atom. The molecule has 0 aliphatic carbocycles. The smallest absolute Gasteiger partial charge is 0.0982 e. The Labute approximate surface area is 72.1 Å². The van der Waals surface area contributed by atoms with Crippen LogP contribution in [0, 0.1) is 0 Å². The summed E-state index contributed by atoms with van der Waals surface area (Å²) in [5.74, 6) is 0. The van der Waals surface area contributed by atoms with Crippen LogP contribution in [0.1, 0.15) is 0 Å². The third kappa shape index (κ3) is 4.04. The van der Waals surface area contributed by atoms with Crippen LogP contribution in [0.5, 0.6) is 0 Å². The molecule has 0 amide bonds. The van der Waals surface area contributed by atoms with E-state index in [9.17, 15) is 0 Å². The van der Waals surface area contributed by atoms with Crippen molar-refractivity contribution in [1.82, 2.24) is 0 Å². The number of rotatable bonds is 6. The summed E-state index contributed by atoms with van der Waals surface area (Å²) in [4.78, 5) is 0. The van der Waals surface area contributed by atoms with Crippen LogP contribution >= 0.6 is 0 Å². The molecule has 0 N–H and O–H groups in total. The molecule has 0 radical (unpaired) electrons. The van der Waals surface area contributed by atoms with Crippen molar-refractivity contribution in [3.8, 4) is 0 Å². The lowest BCUT2D eigenvalue weighted by Gasteiger charge is -2.22. The highest BCUT2D eigenvalue weighted by atomic mass is 28.3. The molecule has 60 valence electrons. The largest absolute Gasteiger partial charge is 0.103 e. The molecule has 0 fully saturated rings. The Hall–Kier alpha value is -0.498. The summed E-state index contributed by atoms with van der Waals surface area (Å²) in [5, 5.41) is 0. The highest BCUT2D eigenvalue weighted by Gasteiger charge is 2.21. The third-order valence-electron chi connectivity index (χ3n) is 1.91. The SMILES string of the molecule is B[Si](CC=C)(CC=C)CC=C. The Balaban J connectivity index is 4.09. The average Bonchev–Trinajstić information content (AvgIpc) is 1.88. The van der Waals surface area contributed by atoms with Crippen LogP contribution in [0.4, 0.5) is 0 Å². The summed E-state index contributed by atoms with van der Waals surface area (Å²) in [5.41, 5.74) is 0. The zero-order chi connectivity index (χ0) is 8.74. The van der Waals surface area contributed by atoms with Gasteiger partial charge in [0.15, 0.2) is 0 Å². The zero-order valence-corrected chi connectivity index (χ0v) is 8.47. The van der Waals surface area contributed by atoms with E-state index >= 15 is 0 Å². The first-order valence-electron chi connectivity index (χ1n) is 4.01. The summed E-state index contributed by atoms with van der Waals surface area (Å²) < 4.78 is 0. The molecule has 0 unspecified atom stereocenters. The van der Waals surface area contributed by atoms with Crippen LogP contribution in [0.15, 0.2) is 38.0 Å². The molecule has 0 aromatic heterocycles. The summed E-state index contributed by atoms with van der Waals surface area (Å²) >= 11 is 0. The van der Waals surface area contributed by atoms with Crippen LogP contribution in [0.25, 0.3) is 0 Å². The van der Waals surface area contributed by atoms with Crippen molar-refractivity contribution in [2.75, 3.05) is 0 Å². The second kappa shape index (κ2) is 5.19. The van der Waals surface area contributed by atoms with Gasteiger partial charge in [0.05, 0.1) is 7.44 Å². The summed E-state index contributed by atoms with van der Waals surface area (Å²) in [6, 6.07) is 3.51. The van der Waals surface area contributed by atoms with Gasteiger partial charge in [0, 0.05) is 7.94 Å². The molecule has 0 aliphatic rings. The number of hydrogen-bond donors (Lipinski definition) is 0. The van der Waals surface area contributed by atoms with Crippen LogP contribution in [-0.2, 0) is 0 Å². The van der Waals surface area contributed by atoms with Gasteiger partial charge in [-0.15, -0.1) is 19.7 Å². The molecule has 0 saturated carbocycles. The van der Waals surface area contributed by atoms with Crippen LogP contribution < -0.4 is 0 Å². The molecule has 0 aromatic carbocycles. The minimum Gasteiger partial charge on any atom is -0.103 e. The monoisotopic (exact) mass is 164 g/mol. The van der Waals surface area contributed by atoms with Gasteiger partial charge in [0.25, 0.3) is 0 Å². The average molecular weight is 164 g/mol. The van der Waals surface area contributed by atoms with Gasteiger partial charge in [-0.05, 0) is 18.1 Å². The van der Waals surface area contributed by atoms with Gasteiger partial charge in [-0.25, -0.2) is 0 Å². The van der Waals surface area contributed by atoms with E-state index in [1.165, 1.54) is 18.1 Å². The van der Waals surface area contributed by atoms with Crippen molar-refractivity contribution in [1.29, 1.82) is 0 Å². The number of allylic oxidation sites excluding steroid dienone is 3. The quantitative estimate of drug-likeness (QED) is 0.416. The normalized spacial score (nSPS) is 10.5. The van der Waals surface area contributed by atoms with E-state index in [-0.39, 0.29) is 0 Å². The van der Waals surface area contributed by atoms with Crippen molar-refractivity contribution in [2.24, 2.45) is 0 Å². The molecule has 11 heavy (non-hydrogen) atoms. The highest BCUT2D eigenvalue weighted by Crippen LogP contribution is 2.18. The fourth-order valence-electron chi connectivity index (χ4n) is 1.30. The lowest BCUT2D eigenvalue weighted by molar-refractivity contribution is 1.42. The van der Waals surface area contributed by atoms with Gasteiger partial charge in [-0.2, -0.15) is 0 Å². The van der Waals surface area contributed by atoms with Gasteiger partial charge in [0.2, 0.25) is 0 Å². The Kier molecular flexibility index (Phi) is 4.96. The van der Waals surface area contributed by atoms with Crippen molar-refractivity contribution in [3.63, 3.8) is 0 Å². The molecule has 0 bridgehead atoms. The molecule has 0 nitrogen and oxygen atoms in total. The minimum atomic E-state index is -1.10. The first kappa shape index (κ1) is 10.5. The highest BCUT2D eigenvalue weighted by molar-refractivity contribution is 7.17. The van der Waals surface area contributed by atoms with Gasteiger partial charge in [0.1, 0.15) is 0 Å². The third-order valence-corrected chi connectivity index (χ3v) is 5.73. The van der Waals surface area contributed by atoms with Crippen molar-refractivity contribution in [3.05, 3.63) is 38.0 Å². The van der Waals surface area contributed by atoms with E-state index in [1.54, 1.807) is 0 Å². The van der Waals surface area contributed by atoms with Gasteiger partial charge < -0.3 is 0 Å². The summed E-state index contributed by atoms with van der Waals surface area (Å²) in [7, 11) is 1.27. The standard InChI is InChI=1S/C9H17BSi/c1-4-7-11(10,8-5-2)9-6-3/h4-6H,1-3,7-10H2. The van der Waals surface area contributed by atoms with E-state index in [0.717, 1.165) is 0 Å². The summed E-state index contributed by atoms with van der Waals surface area (Å²) in [6.07, 6.45) is 6.08. The van der Waals surface area contributed by atoms with Crippen molar-refractivity contribution in [2.45, 2.75) is 18.1 Å². The molecule has 0 rings (SSSR count). The van der Waals surface area contributed by atoms with Gasteiger partial charge in [-0.1, -0.05) is 18.2 Å². The molecule has 0 spiro atoms. The molecule has 0 saturated heterocycles. The topological polar surface area (TPSA) is 0 Å². The van der Waals surface area contributed by atoms with Gasteiger partial charge >= 0.3 is 0 Å². The zero-order valence-electron chi connectivity index (χ0n) is 7.47. The lowest BCUT2D eigenvalue weighted by Crippen LogP contribution is -2.32.